The van der Waals surface area contributed by atoms with Crippen LogP contribution >= 0.6 is 11.6 Å². The molecule has 5 aromatic rings. The Labute approximate surface area is 351 Å². The molecule has 2 N–H and O–H groups in total. The average molecular weight is 838 g/mol. The molecule has 4 aliphatic rings. The fourth-order valence-corrected chi connectivity index (χ4v) is 10.1. The largest absolute Gasteiger partial charge is 0.588 e. The van der Waals surface area contributed by atoms with Gasteiger partial charge in [0.15, 0.2) is 0 Å². The van der Waals surface area contributed by atoms with Crippen molar-refractivity contribution in [2.75, 3.05) is 50.8 Å². The lowest BCUT2D eigenvalue weighted by molar-refractivity contribution is -0.392. The van der Waals surface area contributed by atoms with Gasteiger partial charge in [-0.3, -0.25) is 9.69 Å². The number of ether oxygens (including phenoxy) is 2. The molecule has 0 bridgehead atoms. The summed E-state index contributed by atoms with van der Waals surface area (Å²) in [6.07, 6.45) is 14.0. The number of amides is 1. The number of anilines is 1. The van der Waals surface area contributed by atoms with Crippen LogP contribution in [0.3, 0.4) is 0 Å². The zero-order valence-electron chi connectivity index (χ0n) is 32.9. The molecule has 9 rings (SSSR count). The van der Waals surface area contributed by atoms with E-state index in [9.17, 15) is 19.5 Å². The summed E-state index contributed by atoms with van der Waals surface area (Å²) in [4.78, 5) is 37.9. The maximum Gasteiger partial charge on any atom is 0.328 e. The molecule has 1 spiro atoms. The quantitative estimate of drug-likeness (QED) is 0.0715. The molecule has 13 nitrogen and oxygen atoms in total. The number of allylic oxidation sites excluding steroid dienone is 1. The molecule has 2 aromatic carbocycles. The number of rotatable bonds is 12. The molecule has 1 amide bonds. The Morgan fingerprint density at radius 1 is 1.05 bits per heavy atom. The Hall–Kier alpha value is -4.86. The summed E-state index contributed by atoms with van der Waals surface area (Å²) >= 11 is 4.20. The number of aromatic amines is 1. The number of hydrogen-bond donors (Lipinski definition) is 2. The van der Waals surface area contributed by atoms with Gasteiger partial charge >= 0.3 is 5.82 Å². The molecular formula is C44H48ClN7O6S. The van der Waals surface area contributed by atoms with Crippen molar-refractivity contribution in [2.45, 2.75) is 62.8 Å². The average Bonchev–Trinajstić information content (AvgIpc) is 3.89. The van der Waals surface area contributed by atoms with Gasteiger partial charge in [-0.1, -0.05) is 35.7 Å². The van der Waals surface area contributed by atoms with E-state index in [2.05, 4.69) is 36.6 Å². The molecule has 1 saturated carbocycles. The Kier molecular flexibility index (Phi) is 11.4. The number of fused-ring (bicyclic) bond motifs is 1. The zero-order chi connectivity index (χ0) is 40.5. The van der Waals surface area contributed by atoms with Crippen molar-refractivity contribution in [1.82, 2.24) is 24.2 Å². The zero-order valence-corrected chi connectivity index (χ0v) is 34.4. The van der Waals surface area contributed by atoms with Gasteiger partial charge in [-0.25, -0.2) is 9.55 Å². The summed E-state index contributed by atoms with van der Waals surface area (Å²) in [5.41, 5.74) is 6.60. The van der Waals surface area contributed by atoms with Crippen LogP contribution in [0.15, 0.2) is 89.7 Å². The van der Waals surface area contributed by atoms with Gasteiger partial charge < -0.3 is 34.0 Å². The molecule has 2 saturated heterocycles. The maximum atomic E-state index is 13.9. The third-order valence-corrected chi connectivity index (χ3v) is 14.0. The summed E-state index contributed by atoms with van der Waals surface area (Å²) < 4.78 is 29.5. The predicted molar refractivity (Wildman–Crippen MR) is 228 cm³/mol. The lowest BCUT2D eigenvalue weighted by Crippen LogP contribution is -2.47. The molecule has 0 radical (unpaired) electrons. The minimum atomic E-state index is -2.08. The SMILES string of the molecule is O=C(N[S+]([O-])c1cc([N+](=O)[O-])n(CC2CCOCC2)c1)c1ccc(N2CCN(CC3=C(c4ccc(Cl)cc4)CC4(CCC4)CC3)CC2)cc1Oc1cnc2[nH]ccc2c1. The van der Waals surface area contributed by atoms with Gasteiger partial charge in [-0.15, -0.1) is 0 Å². The van der Waals surface area contributed by atoms with Crippen molar-refractivity contribution in [1.29, 1.82) is 0 Å². The molecule has 2 aliphatic carbocycles. The first-order valence-electron chi connectivity index (χ1n) is 20.5. The molecular weight excluding hydrogens is 790 g/mol. The van der Waals surface area contributed by atoms with Gasteiger partial charge in [-0.2, -0.15) is 4.72 Å². The van der Waals surface area contributed by atoms with Crippen molar-refractivity contribution in [2.24, 2.45) is 11.3 Å². The molecule has 1 unspecified atom stereocenters. The lowest BCUT2D eigenvalue weighted by atomic mass is 9.59. The van der Waals surface area contributed by atoms with Crippen molar-refractivity contribution >= 4 is 57.0 Å². The second kappa shape index (κ2) is 17.0. The number of pyridine rings is 1. The van der Waals surface area contributed by atoms with Crippen LogP contribution in [0.2, 0.25) is 5.02 Å². The topological polar surface area (TPSA) is 154 Å². The van der Waals surface area contributed by atoms with Gasteiger partial charge in [0.2, 0.25) is 4.90 Å². The van der Waals surface area contributed by atoms with Crippen LogP contribution < -0.4 is 14.4 Å². The van der Waals surface area contributed by atoms with E-state index in [0.29, 0.717) is 36.6 Å². The normalized spacial score (nSPS) is 19.2. The minimum absolute atomic E-state index is 0.142. The molecule has 3 aromatic heterocycles. The van der Waals surface area contributed by atoms with Crippen LogP contribution in [0, 0.1) is 21.4 Å². The Bertz CT molecular complexity index is 2360. The van der Waals surface area contributed by atoms with Gasteiger partial charge in [0.05, 0.1) is 24.4 Å². The van der Waals surface area contributed by atoms with E-state index >= 15 is 0 Å². The number of carbonyl (C=O) groups is 1. The van der Waals surface area contributed by atoms with Crippen LogP contribution in [-0.4, -0.2) is 80.8 Å². The number of carbonyl (C=O) groups excluding carboxylic acids is 1. The Morgan fingerprint density at radius 3 is 2.59 bits per heavy atom. The van der Waals surface area contributed by atoms with E-state index in [0.717, 1.165) is 74.5 Å². The van der Waals surface area contributed by atoms with E-state index in [1.807, 2.05) is 36.4 Å². The number of nitrogens with zero attached hydrogens (tertiary/aromatic N) is 5. The monoisotopic (exact) mass is 837 g/mol. The predicted octanol–water partition coefficient (Wildman–Crippen LogP) is 8.53. The second-order valence-electron chi connectivity index (χ2n) is 16.5. The van der Waals surface area contributed by atoms with Crippen molar-refractivity contribution in [3.05, 3.63) is 111 Å². The maximum absolute atomic E-state index is 13.9. The van der Waals surface area contributed by atoms with Crippen molar-refractivity contribution in [3.8, 4) is 11.5 Å². The summed E-state index contributed by atoms with van der Waals surface area (Å²) in [6, 6.07) is 18.8. The summed E-state index contributed by atoms with van der Waals surface area (Å²) in [7, 11) is 0. The molecule has 308 valence electrons. The molecule has 3 fully saturated rings. The number of nitro groups is 1. The highest BCUT2D eigenvalue weighted by Gasteiger charge is 2.41. The van der Waals surface area contributed by atoms with E-state index in [1.165, 1.54) is 53.7 Å². The molecule has 15 heteroatoms. The minimum Gasteiger partial charge on any atom is -0.588 e. The van der Waals surface area contributed by atoms with Crippen LogP contribution in [0.5, 0.6) is 11.5 Å². The standard InChI is InChI=1S/C44H48ClN7O6S/c45-34-4-2-31(3-5-34)39-25-44(12-1-13-44)14-8-33(39)28-49-16-18-50(19-17-49)35-6-7-38(40(23-35)58-36-22-32-9-15-46-42(32)47-26-36)43(53)48-59(56)37-24-41(52(54)55)51(29-37)27-30-10-20-57-21-11-30/h2-7,9,15,22-24,26,29-30H,1,8,10-14,16-21,25,27-28H2,(H,46,47)(H,48,53). The van der Waals surface area contributed by atoms with Gasteiger partial charge in [0, 0.05) is 80.2 Å². The summed E-state index contributed by atoms with van der Waals surface area (Å²) in [5.74, 6) is 0.120. The number of H-pyrrole nitrogens is 1. The highest BCUT2D eigenvalue weighted by atomic mass is 35.5. The number of hydrogen-bond acceptors (Lipinski definition) is 9. The molecule has 5 heterocycles. The van der Waals surface area contributed by atoms with Crippen LogP contribution in [0.1, 0.15) is 67.3 Å². The number of halogens is 1. The number of benzene rings is 2. The van der Waals surface area contributed by atoms with Gasteiger partial charge in [-0.05, 0) is 103 Å². The van der Waals surface area contributed by atoms with Gasteiger partial charge in [0.25, 0.3) is 5.91 Å². The fraction of sp³-hybridized carbons (Fsp3) is 0.409. The third kappa shape index (κ3) is 8.73. The van der Waals surface area contributed by atoms with E-state index < -0.39 is 22.2 Å². The third-order valence-electron chi connectivity index (χ3n) is 12.7. The summed E-state index contributed by atoms with van der Waals surface area (Å²) in [6.45, 7) is 5.92. The first kappa shape index (κ1) is 39.6. The first-order valence-corrected chi connectivity index (χ1v) is 22.1. The first-order chi connectivity index (χ1) is 28.7. The van der Waals surface area contributed by atoms with Crippen molar-refractivity contribution < 1.29 is 23.7 Å². The lowest BCUT2D eigenvalue weighted by Gasteiger charge is -2.47. The number of nitrogens with one attached hydrogen (secondary N) is 2. The molecule has 59 heavy (non-hydrogen) atoms. The Morgan fingerprint density at radius 2 is 1.85 bits per heavy atom. The van der Waals surface area contributed by atoms with Crippen LogP contribution in [0.25, 0.3) is 16.6 Å². The van der Waals surface area contributed by atoms with E-state index in [-0.39, 0.29) is 27.9 Å². The fourth-order valence-electron chi connectivity index (χ4n) is 9.18. The molecule has 1 atom stereocenters. The van der Waals surface area contributed by atoms with E-state index in [4.69, 9.17) is 21.1 Å². The Balaban J connectivity index is 0.920. The second-order valence-corrected chi connectivity index (χ2v) is 18.1. The van der Waals surface area contributed by atoms with Crippen LogP contribution in [0.4, 0.5) is 11.5 Å². The highest BCUT2D eigenvalue weighted by molar-refractivity contribution is 7.90. The smallest absolute Gasteiger partial charge is 0.328 e. The van der Waals surface area contributed by atoms with E-state index in [1.54, 1.807) is 24.0 Å². The number of aromatic nitrogens is 3. The highest BCUT2D eigenvalue weighted by Crippen LogP contribution is 2.55. The number of piperazine rings is 1. The van der Waals surface area contributed by atoms with Crippen molar-refractivity contribution in [3.63, 3.8) is 0 Å². The molecule has 2 aliphatic heterocycles. The summed E-state index contributed by atoms with van der Waals surface area (Å²) in [5, 5.41) is 13.6. The van der Waals surface area contributed by atoms with Gasteiger partial charge in [0.1, 0.15) is 34.7 Å². The van der Waals surface area contributed by atoms with Crippen LogP contribution in [-0.2, 0) is 22.6 Å².